The average molecular weight is 283 g/mol. The van der Waals surface area contributed by atoms with Crippen molar-refractivity contribution in [2.24, 2.45) is 11.7 Å². The van der Waals surface area contributed by atoms with Gasteiger partial charge in [0.2, 0.25) is 0 Å². The molecule has 0 bridgehead atoms. The Hall–Kier alpha value is -0.570. The Kier molecular flexibility index (Phi) is 6.84. The minimum Gasteiger partial charge on any atom is -0.330 e. The maximum Gasteiger partial charge on any atom is 0.0233 e. The highest BCUT2D eigenvalue weighted by Gasteiger charge is 2.18. The number of benzene rings is 1. The lowest BCUT2D eigenvalue weighted by Gasteiger charge is -2.32. The number of hydrogen-bond acceptors (Lipinski definition) is 2. The molecular weight excluding hydrogens is 256 g/mol. The molecule has 1 heterocycles. The first-order valence-electron chi connectivity index (χ1n) is 7.20. The number of hydrogen-bond donors (Lipinski definition) is 1. The first-order valence-corrected chi connectivity index (χ1v) is 7.20. The normalized spacial score (nSPS) is 20.3. The third-order valence-electron chi connectivity index (χ3n) is 3.99. The van der Waals surface area contributed by atoms with Gasteiger partial charge in [0.15, 0.2) is 0 Å². The number of likely N-dealkylation sites (tertiary alicyclic amines) is 1. The molecule has 108 valence electrons. The molecule has 19 heavy (non-hydrogen) atoms. The maximum atomic E-state index is 5.79. The highest BCUT2D eigenvalue weighted by molar-refractivity contribution is 5.85. The summed E-state index contributed by atoms with van der Waals surface area (Å²) in [5.74, 6) is 1.32. The number of piperidine rings is 1. The Labute approximate surface area is 123 Å². The van der Waals surface area contributed by atoms with Crippen LogP contribution in [0.2, 0.25) is 0 Å². The van der Waals surface area contributed by atoms with E-state index in [1.165, 1.54) is 37.1 Å². The van der Waals surface area contributed by atoms with E-state index >= 15 is 0 Å². The predicted octanol–water partition coefficient (Wildman–Crippen LogP) is 3.40. The van der Waals surface area contributed by atoms with Crippen molar-refractivity contribution in [1.29, 1.82) is 0 Å². The van der Waals surface area contributed by atoms with Crippen molar-refractivity contribution < 1.29 is 0 Å². The molecule has 0 spiro atoms. The second-order valence-electron chi connectivity index (χ2n) is 5.88. The van der Waals surface area contributed by atoms with Gasteiger partial charge in [-0.25, -0.2) is 0 Å². The van der Waals surface area contributed by atoms with Gasteiger partial charge in [0.05, 0.1) is 0 Å². The second kappa shape index (κ2) is 7.88. The van der Waals surface area contributed by atoms with E-state index in [9.17, 15) is 0 Å². The SMILES string of the molecule is CC(C)c1ccc(CN2CCCC(CN)C2)cc1.Cl. The Morgan fingerprint density at radius 2 is 1.95 bits per heavy atom. The van der Waals surface area contributed by atoms with Gasteiger partial charge in [0.1, 0.15) is 0 Å². The first-order chi connectivity index (χ1) is 8.69. The van der Waals surface area contributed by atoms with Crippen LogP contribution in [0, 0.1) is 5.92 Å². The van der Waals surface area contributed by atoms with Crippen LogP contribution in [0.4, 0.5) is 0 Å². The van der Waals surface area contributed by atoms with Crippen molar-refractivity contribution in [2.75, 3.05) is 19.6 Å². The van der Waals surface area contributed by atoms with Gasteiger partial charge in [0, 0.05) is 13.1 Å². The molecular formula is C16H27ClN2. The summed E-state index contributed by atoms with van der Waals surface area (Å²) < 4.78 is 0. The van der Waals surface area contributed by atoms with Crippen LogP contribution in [-0.2, 0) is 6.54 Å². The Morgan fingerprint density at radius 3 is 2.53 bits per heavy atom. The molecule has 0 radical (unpaired) electrons. The molecule has 2 rings (SSSR count). The summed E-state index contributed by atoms with van der Waals surface area (Å²) in [4.78, 5) is 2.55. The molecule has 3 heteroatoms. The molecule has 0 aliphatic carbocycles. The molecule has 2 N–H and O–H groups in total. The van der Waals surface area contributed by atoms with Crippen molar-refractivity contribution in [2.45, 2.75) is 39.2 Å². The summed E-state index contributed by atoms with van der Waals surface area (Å²) in [6.07, 6.45) is 2.60. The van der Waals surface area contributed by atoms with Crippen LogP contribution in [0.5, 0.6) is 0 Å². The zero-order chi connectivity index (χ0) is 13.0. The van der Waals surface area contributed by atoms with E-state index in [-0.39, 0.29) is 12.4 Å². The molecule has 1 aliphatic rings. The molecule has 0 amide bonds. The van der Waals surface area contributed by atoms with Gasteiger partial charge in [-0.15, -0.1) is 12.4 Å². The molecule has 1 aromatic rings. The van der Waals surface area contributed by atoms with Crippen molar-refractivity contribution in [3.63, 3.8) is 0 Å². The monoisotopic (exact) mass is 282 g/mol. The van der Waals surface area contributed by atoms with E-state index in [0.717, 1.165) is 13.1 Å². The van der Waals surface area contributed by atoms with Crippen molar-refractivity contribution in [3.05, 3.63) is 35.4 Å². The smallest absolute Gasteiger partial charge is 0.0233 e. The molecule has 2 nitrogen and oxygen atoms in total. The summed E-state index contributed by atoms with van der Waals surface area (Å²) in [6, 6.07) is 9.09. The zero-order valence-electron chi connectivity index (χ0n) is 12.1. The maximum absolute atomic E-state index is 5.79. The minimum atomic E-state index is 0. The molecule has 1 fully saturated rings. The molecule has 1 aromatic carbocycles. The lowest BCUT2D eigenvalue weighted by atomic mass is 9.97. The first kappa shape index (κ1) is 16.5. The average Bonchev–Trinajstić information content (AvgIpc) is 2.39. The van der Waals surface area contributed by atoms with Gasteiger partial charge in [-0.3, -0.25) is 4.90 Å². The Morgan fingerprint density at radius 1 is 1.26 bits per heavy atom. The minimum absolute atomic E-state index is 0. The van der Waals surface area contributed by atoms with Gasteiger partial charge in [-0.2, -0.15) is 0 Å². The summed E-state index contributed by atoms with van der Waals surface area (Å²) in [5.41, 5.74) is 8.64. The van der Waals surface area contributed by atoms with E-state index in [4.69, 9.17) is 5.73 Å². The lowest BCUT2D eigenvalue weighted by Crippen LogP contribution is -2.37. The van der Waals surface area contributed by atoms with Crippen LogP contribution in [0.15, 0.2) is 24.3 Å². The van der Waals surface area contributed by atoms with Crippen LogP contribution in [0.1, 0.15) is 43.7 Å². The fourth-order valence-corrected chi connectivity index (χ4v) is 2.75. The van der Waals surface area contributed by atoms with Crippen LogP contribution in [0.3, 0.4) is 0 Å². The van der Waals surface area contributed by atoms with Gasteiger partial charge in [0.25, 0.3) is 0 Å². The van der Waals surface area contributed by atoms with Crippen LogP contribution < -0.4 is 5.73 Å². The van der Waals surface area contributed by atoms with E-state index < -0.39 is 0 Å². The molecule has 1 saturated heterocycles. The van der Waals surface area contributed by atoms with Crippen molar-refractivity contribution in [3.8, 4) is 0 Å². The fraction of sp³-hybridized carbons (Fsp3) is 0.625. The predicted molar refractivity (Wildman–Crippen MR) is 84.8 cm³/mol. The number of nitrogens with two attached hydrogens (primary N) is 1. The number of rotatable bonds is 4. The molecule has 0 aromatic heterocycles. The third kappa shape index (κ3) is 4.79. The zero-order valence-corrected chi connectivity index (χ0v) is 13.0. The summed E-state index contributed by atoms with van der Waals surface area (Å²) in [5, 5.41) is 0. The molecule has 1 atom stereocenters. The van der Waals surface area contributed by atoms with Crippen LogP contribution in [-0.4, -0.2) is 24.5 Å². The summed E-state index contributed by atoms with van der Waals surface area (Å²) in [7, 11) is 0. The standard InChI is InChI=1S/C16H26N2.ClH/c1-13(2)16-7-5-14(6-8-16)11-18-9-3-4-15(10-17)12-18;/h5-8,13,15H,3-4,9-12,17H2,1-2H3;1H. The molecule has 1 unspecified atom stereocenters. The third-order valence-corrected chi connectivity index (χ3v) is 3.99. The van der Waals surface area contributed by atoms with Crippen LogP contribution >= 0.6 is 12.4 Å². The molecule has 0 saturated carbocycles. The summed E-state index contributed by atoms with van der Waals surface area (Å²) >= 11 is 0. The van der Waals surface area contributed by atoms with E-state index in [0.29, 0.717) is 11.8 Å². The van der Waals surface area contributed by atoms with E-state index in [2.05, 4.69) is 43.0 Å². The van der Waals surface area contributed by atoms with Gasteiger partial charge in [-0.1, -0.05) is 38.1 Å². The quantitative estimate of drug-likeness (QED) is 0.917. The number of nitrogens with zero attached hydrogens (tertiary/aromatic N) is 1. The lowest BCUT2D eigenvalue weighted by molar-refractivity contribution is 0.171. The van der Waals surface area contributed by atoms with Crippen molar-refractivity contribution in [1.82, 2.24) is 4.90 Å². The highest BCUT2D eigenvalue weighted by atomic mass is 35.5. The topological polar surface area (TPSA) is 29.3 Å². The van der Waals surface area contributed by atoms with Crippen molar-refractivity contribution >= 4 is 12.4 Å². The Bertz CT molecular complexity index is 362. The largest absolute Gasteiger partial charge is 0.330 e. The van der Waals surface area contributed by atoms with E-state index in [1.807, 2.05) is 0 Å². The van der Waals surface area contributed by atoms with Crippen LogP contribution in [0.25, 0.3) is 0 Å². The molecule has 1 aliphatic heterocycles. The number of halogens is 1. The van der Waals surface area contributed by atoms with Gasteiger partial charge >= 0.3 is 0 Å². The second-order valence-corrected chi connectivity index (χ2v) is 5.88. The van der Waals surface area contributed by atoms with Gasteiger partial charge in [-0.05, 0) is 48.9 Å². The highest BCUT2D eigenvalue weighted by Crippen LogP contribution is 2.19. The Balaban J connectivity index is 0.00000180. The fourth-order valence-electron chi connectivity index (χ4n) is 2.75. The van der Waals surface area contributed by atoms with Gasteiger partial charge < -0.3 is 5.73 Å². The summed E-state index contributed by atoms with van der Waals surface area (Å²) in [6.45, 7) is 8.79. The van der Waals surface area contributed by atoms with E-state index in [1.54, 1.807) is 0 Å².